The standard InChI is InChI=1S/C28H23ClN4O2/c1-17(2)33(16-26-31-24-10-6-4-8-21(24)27(34)32-26)28(35)22-15-25(18-11-13-19(29)14-12-18)30-23-9-5-3-7-20(22)23/h3-15,17H,16H2,1-2H3,(H,31,32,34). The fraction of sp³-hybridized carbons (Fsp3) is 0.143. The number of rotatable bonds is 5. The molecule has 3 aromatic carbocycles. The van der Waals surface area contributed by atoms with E-state index in [9.17, 15) is 9.59 Å². The molecular formula is C28H23ClN4O2. The molecule has 7 heteroatoms. The number of aromatic amines is 1. The lowest BCUT2D eigenvalue weighted by Gasteiger charge is -2.27. The monoisotopic (exact) mass is 482 g/mol. The second-order valence-electron chi connectivity index (χ2n) is 8.64. The summed E-state index contributed by atoms with van der Waals surface area (Å²) in [5, 5.41) is 1.92. The maximum Gasteiger partial charge on any atom is 0.258 e. The average Bonchev–Trinajstić information content (AvgIpc) is 2.86. The van der Waals surface area contributed by atoms with Crippen LogP contribution < -0.4 is 5.56 Å². The van der Waals surface area contributed by atoms with Crippen LogP contribution in [0.5, 0.6) is 0 Å². The molecular weight excluding hydrogens is 460 g/mol. The molecule has 0 bridgehead atoms. The third-order valence-electron chi connectivity index (χ3n) is 5.95. The van der Waals surface area contributed by atoms with Gasteiger partial charge in [-0.05, 0) is 50.2 Å². The van der Waals surface area contributed by atoms with Crippen LogP contribution >= 0.6 is 11.6 Å². The van der Waals surface area contributed by atoms with E-state index in [2.05, 4.69) is 9.97 Å². The molecule has 1 N–H and O–H groups in total. The summed E-state index contributed by atoms with van der Waals surface area (Å²) in [7, 11) is 0. The number of aromatic nitrogens is 3. The highest BCUT2D eigenvalue weighted by molar-refractivity contribution is 6.30. The van der Waals surface area contributed by atoms with Crippen LogP contribution in [0.2, 0.25) is 5.02 Å². The highest BCUT2D eigenvalue weighted by atomic mass is 35.5. The molecule has 0 unspecified atom stereocenters. The Morgan fingerprint density at radius 2 is 1.54 bits per heavy atom. The molecule has 0 fully saturated rings. The summed E-state index contributed by atoms with van der Waals surface area (Å²) >= 11 is 6.06. The Morgan fingerprint density at radius 3 is 2.23 bits per heavy atom. The van der Waals surface area contributed by atoms with Gasteiger partial charge in [0.15, 0.2) is 0 Å². The Balaban J connectivity index is 1.59. The molecule has 5 aromatic rings. The Morgan fingerprint density at radius 1 is 0.914 bits per heavy atom. The van der Waals surface area contributed by atoms with E-state index < -0.39 is 0 Å². The van der Waals surface area contributed by atoms with Gasteiger partial charge in [-0.3, -0.25) is 9.59 Å². The quantitative estimate of drug-likeness (QED) is 0.341. The first kappa shape index (κ1) is 22.7. The lowest BCUT2D eigenvalue weighted by atomic mass is 10.0. The minimum atomic E-state index is -0.221. The predicted molar refractivity (Wildman–Crippen MR) is 140 cm³/mol. The van der Waals surface area contributed by atoms with Crippen molar-refractivity contribution >= 4 is 39.3 Å². The van der Waals surface area contributed by atoms with E-state index in [-0.39, 0.29) is 24.1 Å². The van der Waals surface area contributed by atoms with Crippen LogP contribution in [0.4, 0.5) is 0 Å². The molecule has 6 nitrogen and oxygen atoms in total. The van der Waals surface area contributed by atoms with E-state index in [1.165, 1.54) is 0 Å². The van der Waals surface area contributed by atoms with E-state index in [0.717, 1.165) is 16.5 Å². The number of nitrogens with one attached hydrogen (secondary N) is 1. The Kier molecular flexibility index (Phi) is 6.05. The summed E-state index contributed by atoms with van der Waals surface area (Å²) in [6, 6.07) is 23.8. The van der Waals surface area contributed by atoms with Crippen molar-refractivity contribution in [1.29, 1.82) is 0 Å². The van der Waals surface area contributed by atoms with Crippen molar-refractivity contribution in [3.8, 4) is 11.3 Å². The second-order valence-corrected chi connectivity index (χ2v) is 9.07. The van der Waals surface area contributed by atoms with Gasteiger partial charge in [0, 0.05) is 22.0 Å². The number of fused-ring (bicyclic) bond motifs is 2. The molecule has 0 radical (unpaired) electrons. The Labute approximate surface area is 207 Å². The predicted octanol–water partition coefficient (Wildman–Crippen LogP) is 5.84. The third-order valence-corrected chi connectivity index (χ3v) is 6.20. The van der Waals surface area contributed by atoms with Gasteiger partial charge in [0.2, 0.25) is 0 Å². The minimum absolute atomic E-state index is 0.134. The SMILES string of the molecule is CC(C)N(Cc1nc2ccccc2c(=O)[nH]1)C(=O)c1cc(-c2ccc(Cl)cc2)nc2ccccc12. The van der Waals surface area contributed by atoms with Crippen molar-refractivity contribution in [1.82, 2.24) is 19.9 Å². The Hall–Kier alpha value is -4.03. The van der Waals surface area contributed by atoms with Crippen LogP contribution in [-0.2, 0) is 6.54 Å². The number of hydrogen-bond acceptors (Lipinski definition) is 4. The zero-order valence-electron chi connectivity index (χ0n) is 19.3. The number of carbonyl (C=O) groups excluding carboxylic acids is 1. The molecule has 174 valence electrons. The van der Waals surface area contributed by atoms with Crippen LogP contribution in [0.25, 0.3) is 33.1 Å². The van der Waals surface area contributed by atoms with E-state index in [1.807, 2.05) is 62.4 Å². The molecule has 0 atom stereocenters. The molecule has 1 amide bonds. The summed E-state index contributed by atoms with van der Waals surface area (Å²) in [4.78, 5) is 40.4. The molecule has 2 heterocycles. The second kappa shape index (κ2) is 9.31. The molecule has 0 spiro atoms. The summed E-state index contributed by atoms with van der Waals surface area (Å²) in [6.07, 6.45) is 0. The molecule has 0 saturated carbocycles. The highest BCUT2D eigenvalue weighted by Crippen LogP contribution is 2.27. The van der Waals surface area contributed by atoms with Crippen molar-refractivity contribution in [2.75, 3.05) is 0 Å². The lowest BCUT2D eigenvalue weighted by Crippen LogP contribution is -2.37. The third kappa shape index (κ3) is 4.53. The maximum atomic E-state index is 13.9. The first-order valence-corrected chi connectivity index (χ1v) is 11.7. The van der Waals surface area contributed by atoms with Gasteiger partial charge in [0.25, 0.3) is 11.5 Å². The summed E-state index contributed by atoms with van der Waals surface area (Å²) in [5.41, 5.74) is 3.19. The van der Waals surface area contributed by atoms with Crippen molar-refractivity contribution in [3.63, 3.8) is 0 Å². The zero-order valence-corrected chi connectivity index (χ0v) is 20.1. The van der Waals surface area contributed by atoms with Gasteiger partial charge in [0.1, 0.15) is 5.82 Å². The van der Waals surface area contributed by atoms with Gasteiger partial charge < -0.3 is 9.88 Å². The first-order chi connectivity index (χ1) is 16.9. The number of para-hydroxylation sites is 2. The van der Waals surface area contributed by atoms with Gasteiger partial charge in [-0.25, -0.2) is 9.97 Å². The first-order valence-electron chi connectivity index (χ1n) is 11.4. The lowest BCUT2D eigenvalue weighted by molar-refractivity contribution is 0.0687. The maximum absolute atomic E-state index is 13.9. The van der Waals surface area contributed by atoms with Crippen LogP contribution in [-0.4, -0.2) is 31.8 Å². The van der Waals surface area contributed by atoms with Crippen molar-refractivity contribution in [2.45, 2.75) is 26.4 Å². The zero-order chi connectivity index (χ0) is 24.5. The van der Waals surface area contributed by atoms with Crippen LogP contribution in [0.1, 0.15) is 30.0 Å². The average molecular weight is 483 g/mol. The molecule has 5 rings (SSSR count). The smallest absolute Gasteiger partial charge is 0.258 e. The number of halogens is 1. The topological polar surface area (TPSA) is 79.0 Å². The van der Waals surface area contributed by atoms with Gasteiger partial charge in [-0.2, -0.15) is 0 Å². The van der Waals surface area contributed by atoms with E-state index in [0.29, 0.717) is 33.0 Å². The van der Waals surface area contributed by atoms with Crippen molar-refractivity contribution in [3.05, 3.63) is 106 Å². The van der Waals surface area contributed by atoms with Crippen molar-refractivity contribution < 1.29 is 4.79 Å². The largest absolute Gasteiger partial charge is 0.329 e. The Bertz CT molecular complexity index is 1610. The number of nitrogens with zero attached hydrogens (tertiary/aromatic N) is 3. The van der Waals surface area contributed by atoms with Gasteiger partial charge in [0.05, 0.1) is 34.2 Å². The molecule has 35 heavy (non-hydrogen) atoms. The normalized spacial score (nSPS) is 11.3. The highest BCUT2D eigenvalue weighted by Gasteiger charge is 2.23. The number of hydrogen-bond donors (Lipinski definition) is 1. The fourth-order valence-corrected chi connectivity index (χ4v) is 4.26. The molecule has 0 aliphatic rings. The number of amides is 1. The minimum Gasteiger partial charge on any atom is -0.329 e. The van der Waals surface area contributed by atoms with Crippen molar-refractivity contribution in [2.24, 2.45) is 0 Å². The van der Waals surface area contributed by atoms with Crippen LogP contribution in [0, 0.1) is 0 Å². The summed E-state index contributed by atoms with van der Waals surface area (Å²) in [5.74, 6) is 0.275. The summed E-state index contributed by atoms with van der Waals surface area (Å²) in [6.45, 7) is 4.06. The number of carbonyl (C=O) groups is 1. The van der Waals surface area contributed by atoms with E-state index >= 15 is 0 Å². The van der Waals surface area contributed by atoms with Crippen LogP contribution in [0.3, 0.4) is 0 Å². The van der Waals surface area contributed by atoms with E-state index in [4.69, 9.17) is 16.6 Å². The molecule has 0 aliphatic carbocycles. The number of H-pyrrole nitrogens is 1. The summed E-state index contributed by atoms with van der Waals surface area (Å²) < 4.78 is 0. The molecule has 2 aromatic heterocycles. The van der Waals surface area contributed by atoms with E-state index in [1.54, 1.807) is 35.2 Å². The molecule has 0 saturated heterocycles. The number of pyridine rings is 1. The van der Waals surface area contributed by atoms with Gasteiger partial charge in [-0.15, -0.1) is 0 Å². The van der Waals surface area contributed by atoms with Crippen LogP contribution in [0.15, 0.2) is 83.7 Å². The van der Waals surface area contributed by atoms with Gasteiger partial charge >= 0.3 is 0 Å². The molecule has 0 aliphatic heterocycles. The fourth-order valence-electron chi connectivity index (χ4n) is 4.14. The van der Waals surface area contributed by atoms with Gasteiger partial charge in [-0.1, -0.05) is 54.1 Å². The number of benzene rings is 3.